The number of nitrogens with zero attached hydrogens (tertiary/aromatic N) is 3. The lowest BCUT2D eigenvalue weighted by atomic mass is 10.0. The van der Waals surface area contributed by atoms with Crippen LogP contribution in [0.1, 0.15) is 15.9 Å². The maximum Gasteiger partial charge on any atom is 0.338 e. The van der Waals surface area contributed by atoms with E-state index in [-0.39, 0.29) is 5.56 Å². The van der Waals surface area contributed by atoms with Crippen LogP contribution >= 0.6 is 0 Å². The van der Waals surface area contributed by atoms with Crippen LogP contribution in [0.25, 0.3) is 28.1 Å². The molecule has 0 amide bonds. The minimum atomic E-state index is -1.03. The number of carbonyl (C=O) groups is 1. The Morgan fingerprint density at radius 3 is 2.65 bits per heavy atom. The van der Waals surface area contributed by atoms with Crippen molar-refractivity contribution < 1.29 is 14.6 Å². The third-order valence-electron chi connectivity index (χ3n) is 4.93. The lowest BCUT2D eigenvalue weighted by Crippen LogP contribution is -1.97. The topological polar surface area (TPSA) is 93.0 Å². The van der Waals surface area contributed by atoms with Crippen molar-refractivity contribution in [3.63, 3.8) is 0 Å². The van der Waals surface area contributed by atoms with Crippen LogP contribution in [0.3, 0.4) is 0 Å². The fourth-order valence-electron chi connectivity index (χ4n) is 3.34. The zero-order chi connectivity index (χ0) is 21.2. The molecule has 3 aromatic carbocycles. The van der Waals surface area contributed by atoms with Gasteiger partial charge in [-0.25, -0.2) is 14.5 Å². The number of H-pyrrole nitrogens is 1. The Kier molecular flexibility index (Phi) is 4.68. The highest BCUT2D eigenvalue weighted by Gasteiger charge is 2.11. The largest absolute Gasteiger partial charge is 0.489 e. The van der Waals surface area contributed by atoms with Gasteiger partial charge in [0, 0.05) is 6.20 Å². The minimum Gasteiger partial charge on any atom is -0.489 e. The first-order chi connectivity index (χ1) is 15.2. The Morgan fingerprint density at radius 2 is 1.84 bits per heavy atom. The molecular formula is C24H18N4O3. The summed E-state index contributed by atoms with van der Waals surface area (Å²) in [6.45, 7) is 0.508. The highest BCUT2D eigenvalue weighted by atomic mass is 16.5. The maximum atomic E-state index is 11.1. The standard InChI is InChI=1S/C24H18N4O3/c29-23(30)19-13-25-28(14-19)24-26-21-10-9-18(12-22(21)27-24)17-7-4-8-20(11-17)31-15-16-5-2-1-3-6-16/h1-14H,15H2,(H,26,27)(H,29,30). The van der Waals surface area contributed by atoms with Gasteiger partial charge in [-0.05, 0) is 41.0 Å². The average molecular weight is 410 g/mol. The molecule has 5 rings (SSSR count). The van der Waals surface area contributed by atoms with Crippen LogP contribution in [0.4, 0.5) is 0 Å². The summed E-state index contributed by atoms with van der Waals surface area (Å²) in [4.78, 5) is 18.8. The van der Waals surface area contributed by atoms with Crippen molar-refractivity contribution in [2.45, 2.75) is 6.61 Å². The Balaban J connectivity index is 1.40. The molecule has 0 aliphatic rings. The molecule has 2 aromatic heterocycles. The van der Waals surface area contributed by atoms with E-state index in [4.69, 9.17) is 9.84 Å². The predicted octanol–water partition coefficient (Wildman–Crippen LogP) is 4.69. The maximum absolute atomic E-state index is 11.1. The minimum absolute atomic E-state index is 0.105. The number of carboxylic acids is 1. The summed E-state index contributed by atoms with van der Waals surface area (Å²) in [6.07, 6.45) is 2.72. The number of hydrogen-bond donors (Lipinski definition) is 2. The van der Waals surface area contributed by atoms with Gasteiger partial charge in [0.1, 0.15) is 12.4 Å². The molecular weight excluding hydrogens is 392 g/mol. The SMILES string of the molecule is O=C(O)c1cnn(-c2nc3cc(-c4cccc(OCc5ccccc5)c4)ccc3[nH]2)c1. The van der Waals surface area contributed by atoms with Crippen molar-refractivity contribution in [1.82, 2.24) is 19.7 Å². The Morgan fingerprint density at radius 1 is 1.00 bits per heavy atom. The van der Waals surface area contributed by atoms with Crippen LogP contribution < -0.4 is 4.74 Å². The van der Waals surface area contributed by atoms with E-state index in [9.17, 15) is 4.79 Å². The van der Waals surface area contributed by atoms with E-state index in [2.05, 4.69) is 15.1 Å². The third-order valence-corrected chi connectivity index (χ3v) is 4.93. The van der Waals surface area contributed by atoms with E-state index in [1.54, 1.807) is 0 Å². The Bertz CT molecular complexity index is 1370. The molecule has 152 valence electrons. The van der Waals surface area contributed by atoms with E-state index >= 15 is 0 Å². The van der Waals surface area contributed by atoms with Crippen molar-refractivity contribution in [1.29, 1.82) is 0 Å². The van der Waals surface area contributed by atoms with Gasteiger partial charge >= 0.3 is 5.97 Å². The number of aromatic carboxylic acids is 1. The zero-order valence-electron chi connectivity index (χ0n) is 16.4. The molecule has 7 heteroatoms. The van der Waals surface area contributed by atoms with Crippen molar-refractivity contribution in [2.24, 2.45) is 0 Å². The summed E-state index contributed by atoms with van der Waals surface area (Å²) in [5.74, 6) is 0.223. The predicted molar refractivity (Wildman–Crippen MR) is 116 cm³/mol. The number of aromatic nitrogens is 4. The van der Waals surface area contributed by atoms with Crippen molar-refractivity contribution in [2.75, 3.05) is 0 Å². The molecule has 0 aliphatic carbocycles. The molecule has 2 heterocycles. The second-order valence-electron chi connectivity index (χ2n) is 7.07. The van der Waals surface area contributed by atoms with Crippen LogP contribution in [0.15, 0.2) is 85.2 Å². The van der Waals surface area contributed by atoms with Gasteiger partial charge in [0.05, 0.1) is 22.8 Å². The Labute approximate surface area is 177 Å². The van der Waals surface area contributed by atoms with Crippen LogP contribution in [-0.2, 0) is 6.61 Å². The van der Waals surface area contributed by atoms with E-state index < -0.39 is 5.97 Å². The van der Waals surface area contributed by atoms with Gasteiger partial charge in [0.2, 0.25) is 5.95 Å². The molecule has 0 fully saturated rings. The number of aromatic amines is 1. The van der Waals surface area contributed by atoms with Crippen molar-refractivity contribution >= 4 is 17.0 Å². The first kappa shape index (κ1) is 18.6. The molecule has 0 aliphatic heterocycles. The number of rotatable bonds is 6. The second kappa shape index (κ2) is 7.79. The monoisotopic (exact) mass is 410 g/mol. The summed E-state index contributed by atoms with van der Waals surface area (Å²) in [6, 6.07) is 23.9. The molecule has 5 aromatic rings. The van der Waals surface area contributed by atoms with Crippen molar-refractivity contribution in [3.05, 3.63) is 96.3 Å². The molecule has 0 unspecified atom stereocenters. The second-order valence-corrected chi connectivity index (χ2v) is 7.07. The lowest BCUT2D eigenvalue weighted by molar-refractivity contribution is 0.0697. The molecule has 0 saturated carbocycles. The molecule has 0 atom stereocenters. The smallest absolute Gasteiger partial charge is 0.338 e. The van der Waals surface area contributed by atoms with Gasteiger partial charge in [-0.15, -0.1) is 0 Å². The summed E-state index contributed by atoms with van der Waals surface area (Å²) in [5.41, 5.74) is 4.83. The highest BCUT2D eigenvalue weighted by Crippen LogP contribution is 2.27. The summed E-state index contributed by atoms with van der Waals surface area (Å²) in [5, 5.41) is 13.1. The zero-order valence-corrected chi connectivity index (χ0v) is 16.4. The molecule has 2 N–H and O–H groups in total. The van der Waals surface area contributed by atoms with Crippen LogP contribution in [-0.4, -0.2) is 30.8 Å². The van der Waals surface area contributed by atoms with Gasteiger partial charge in [0.25, 0.3) is 0 Å². The summed E-state index contributed by atoms with van der Waals surface area (Å²) >= 11 is 0. The van der Waals surface area contributed by atoms with E-state index in [1.807, 2.05) is 72.8 Å². The van der Waals surface area contributed by atoms with Crippen LogP contribution in [0.2, 0.25) is 0 Å². The van der Waals surface area contributed by atoms with E-state index in [0.717, 1.165) is 33.5 Å². The van der Waals surface area contributed by atoms with E-state index in [1.165, 1.54) is 17.1 Å². The number of nitrogens with one attached hydrogen (secondary N) is 1. The number of fused-ring (bicyclic) bond motifs is 1. The third kappa shape index (κ3) is 3.89. The molecule has 7 nitrogen and oxygen atoms in total. The van der Waals surface area contributed by atoms with Crippen molar-refractivity contribution in [3.8, 4) is 22.8 Å². The van der Waals surface area contributed by atoms with E-state index in [0.29, 0.717) is 12.6 Å². The van der Waals surface area contributed by atoms with Gasteiger partial charge in [0.15, 0.2) is 0 Å². The number of benzene rings is 3. The highest BCUT2D eigenvalue weighted by molar-refractivity contribution is 5.87. The molecule has 31 heavy (non-hydrogen) atoms. The fraction of sp³-hybridized carbons (Fsp3) is 0.0417. The Hall–Kier alpha value is -4.39. The van der Waals surface area contributed by atoms with Gasteiger partial charge in [-0.2, -0.15) is 5.10 Å². The lowest BCUT2D eigenvalue weighted by Gasteiger charge is -2.08. The van der Waals surface area contributed by atoms with Gasteiger partial charge < -0.3 is 14.8 Å². The fourth-order valence-corrected chi connectivity index (χ4v) is 3.34. The summed E-state index contributed by atoms with van der Waals surface area (Å²) < 4.78 is 7.36. The normalized spacial score (nSPS) is 11.0. The average Bonchev–Trinajstić information content (AvgIpc) is 3.45. The number of imidazole rings is 1. The quantitative estimate of drug-likeness (QED) is 0.423. The first-order valence-electron chi connectivity index (χ1n) is 9.71. The number of carboxylic acid groups (broad SMARTS) is 1. The van der Waals surface area contributed by atoms with Crippen LogP contribution in [0, 0.1) is 0 Å². The van der Waals surface area contributed by atoms with Crippen LogP contribution in [0.5, 0.6) is 5.75 Å². The van der Waals surface area contributed by atoms with Gasteiger partial charge in [-0.3, -0.25) is 0 Å². The molecule has 0 saturated heterocycles. The first-order valence-corrected chi connectivity index (χ1v) is 9.71. The summed E-state index contributed by atoms with van der Waals surface area (Å²) in [7, 11) is 0. The molecule has 0 radical (unpaired) electrons. The molecule has 0 spiro atoms. The van der Waals surface area contributed by atoms with Gasteiger partial charge in [-0.1, -0.05) is 48.5 Å². The number of ether oxygens (including phenoxy) is 1. The number of hydrogen-bond acceptors (Lipinski definition) is 4. The molecule has 0 bridgehead atoms.